The molecule has 1 spiro atoms. The van der Waals surface area contributed by atoms with E-state index in [9.17, 15) is 19.2 Å². The van der Waals surface area contributed by atoms with Crippen molar-refractivity contribution >= 4 is 23.6 Å². The average molecular weight is 714 g/mol. The van der Waals surface area contributed by atoms with Crippen molar-refractivity contribution in [1.29, 1.82) is 0 Å². The summed E-state index contributed by atoms with van der Waals surface area (Å²) in [6.45, 7) is 6.67. The Balaban J connectivity index is 1.16. The summed E-state index contributed by atoms with van der Waals surface area (Å²) in [6, 6.07) is 13.8. The third-order valence-corrected chi connectivity index (χ3v) is 12.2. The van der Waals surface area contributed by atoms with Crippen LogP contribution in [0.3, 0.4) is 0 Å². The minimum atomic E-state index is -1.08. The highest BCUT2D eigenvalue weighted by Gasteiger charge is 2.36. The van der Waals surface area contributed by atoms with Crippen LogP contribution in [0, 0.1) is 18.3 Å². The zero-order valence-corrected chi connectivity index (χ0v) is 31.1. The molecule has 1 unspecified atom stereocenters. The molecule has 0 aromatic heterocycles. The van der Waals surface area contributed by atoms with Gasteiger partial charge in [0.1, 0.15) is 17.8 Å². The van der Waals surface area contributed by atoms with Gasteiger partial charge in [0.2, 0.25) is 23.6 Å². The summed E-state index contributed by atoms with van der Waals surface area (Å²) in [4.78, 5) is 59.4. The van der Waals surface area contributed by atoms with Gasteiger partial charge in [-0.1, -0.05) is 55.7 Å². The number of amides is 4. The van der Waals surface area contributed by atoms with Crippen LogP contribution in [0.5, 0.6) is 5.75 Å². The van der Waals surface area contributed by atoms with E-state index in [0.29, 0.717) is 50.4 Å². The maximum absolute atomic E-state index is 14.1. The molecule has 10 heteroatoms. The number of benzene rings is 2. The van der Waals surface area contributed by atoms with E-state index >= 15 is 0 Å². The number of nitrogens with one attached hydrogen (secondary N) is 3. The van der Waals surface area contributed by atoms with E-state index in [-0.39, 0.29) is 37.1 Å². The van der Waals surface area contributed by atoms with E-state index in [1.54, 1.807) is 0 Å². The summed E-state index contributed by atoms with van der Waals surface area (Å²) in [7, 11) is 0. The Kier molecular flexibility index (Phi) is 13.3. The molecular weight excluding hydrogens is 654 g/mol. The maximum atomic E-state index is 14.1. The normalized spacial score (nSPS) is 24.9. The van der Waals surface area contributed by atoms with Crippen molar-refractivity contribution in [1.82, 2.24) is 25.8 Å². The third kappa shape index (κ3) is 10.6. The number of carbonyl (C=O) groups excluding carboxylic acids is 4. The van der Waals surface area contributed by atoms with E-state index < -0.39 is 18.0 Å². The van der Waals surface area contributed by atoms with E-state index in [0.717, 1.165) is 54.8 Å². The first kappa shape index (κ1) is 37.8. The molecule has 10 nitrogen and oxygen atoms in total. The van der Waals surface area contributed by atoms with Crippen molar-refractivity contribution in [2.24, 2.45) is 11.3 Å². The van der Waals surface area contributed by atoms with Crippen LogP contribution in [0.2, 0.25) is 0 Å². The summed E-state index contributed by atoms with van der Waals surface area (Å²) < 4.78 is 6.15. The Hall–Kier alpha value is -3.92. The molecular formula is C42H59N5O5. The van der Waals surface area contributed by atoms with Gasteiger partial charge in [0, 0.05) is 32.6 Å². The molecule has 2 aromatic carbocycles. The fourth-order valence-electron chi connectivity index (χ4n) is 8.69. The molecule has 4 aliphatic rings. The lowest BCUT2D eigenvalue weighted by Crippen LogP contribution is -2.55. The second-order valence-corrected chi connectivity index (χ2v) is 15.9. The lowest BCUT2D eigenvalue weighted by atomic mass is 9.68. The number of carbonyl (C=O) groups is 4. The molecule has 2 aromatic rings. The fourth-order valence-corrected chi connectivity index (χ4v) is 8.69. The highest BCUT2D eigenvalue weighted by atomic mass is 16.5. The lowest BCUT2D eigenvalue weighted by Gasteiger charge is -2.44. The average Bonchev–Trinajstić information content (AvgIpc) is 3.16. The Morgan fingerprint density at radius 3 is 2.50 bits per heavy atom. The molecule has 4 bridgehead atoms. The SMILES string of the molecule is Cc1ccc2cc1CNC(=O)[C@H](CCc1ccccc1)NC(=O)[C@@H](NC(=O)CCN1CCC3(CCCCC3)CC1)CC(=O)N1CCCC(CCO2)C1. The van der Waals surface area contributed by atoms with Crippen molar-refractivity contribution in [2.75, 3.05) is 39.3 Å². The molecule has 3 atom stereocenters. The van der Waals surface area contributed by atoms with Crippen LogP contribution in [0.4, 0.5) is 0 Å². The first-order chi connectivity index (χ1) is 25.2. The summed E-state index contributed by atoms with van der Waals surface area (Å²) in [5.74, 6) is -0.180. The van der Waals surface area contributed by atoms with Crippen LogP contribution in [-0.4, -0.2) is 84.8 Å². The van der Waals surface area contributed by atoms with Crippen LogP contribution in [0.15, 0.2) is 48.5 Å². The smallest absolute Gasteiger partial charge is 0.243 e. The van der Waals surface area contributed by atoms with Crippen LogP contribution < -0.4 is 20.7 Å². The molecule has 3 N–H and O–H groups in total. The summed E-state index contributed by atoms with van der Waals surface area (Å²) in [5, 5.41) is 8.94. The van der Waals surface area contributed by atoms with Crippen molar-refractivity contribution < 1.29 is 23.9 Å². The topological polar surface area (TPSA) is 120 Å². The maximum Gasteiger partial charge on any atom is 0.243 e. The van der Waals surface area contributed by atoms with Crippen LogP contribution in [0.25, 0.3) is 0 Å². The first-order valence-electron chi connectivity index (χ1n) is 19.9. The predicted molar refractivity (Wildman–Crippen MR) is 201 cm³/mol. The zero-order valence-electron chi connectivity index (χ0n) is 31.1. The van der Waals surface area contributed by atoms with Gasteiger partial charge in [0.25, 0.3) is 0 Å². The van der Waals surface area contributed by atoms with Gasteiger partial charge in [-0.25, -0.2) is 0 Å². The van der Waals surface area contributed by atoms with Gasteiger partial charge in [-0.15, -0.1) is 0 Å². The minimum absolute atomic E-state index is 0.149. The monoisotopic (exact) mass is 713 g/mol. The van der Waals surface area contributed by atoms with Gasteiger partial charge in [0.05, 0.1) is 13.0 Å². The van der Waals surface area contributed by atoms with E-state index in [1.807, 2.05) is 60.4 Å². The molecule has 1 aliphatic carbocycles. The standard InChI is InChI=1S/C42H59N5O5/c1-31-12-14-35-27-34(31)29-43-40(50)36(15-13-32-9-4-2-5-10-32)45-41(51)37(28-39(49)47-22-8-11-33(30-47)17-26-52-35)44-38(48)16-23-46-24-20-42(21-25-46)18-6-3-7-19-42/h2,4-5,9-10,12,14,27,33,36-37H,3,6-8,11,13,15-26,28-30H2,1H3,(H,43,50)(H,44,48)(H,45,51)/t33?,36-,37-/m0/s1. The number of aryl methyl sites for hydroxylation is 2. The Morgan fingerprint density at radius 1 is 0.923 bits per heavy atom. The van der Waals surface area contributed by atoms with Crippen LogP contribution in [-0.2, 0) is 32.1 Å². The van der Waals surface area contributed by atoms with Crippen LogP contribution in [0.1, 0.15) is 100 Å². The molecule has 3 aliphatic heterocycles. The molecule has 0 radical (unpaired) electrons. The molecule has 1 saturated carbocycles. The second-order valence-electron chi connectivity index (χ2n) is 15.9. The number of rotatable bonds is 7. The van der Waals surface area contributed by atoms with Crippen molar-refractivity contribution in [3.05, 3.63) is 65.2 Å². The summed E-state index contributed by atoms with van der Waals surface area (Å²) in [5.41, 5.74) is 3.53. The van der Waals surface area contributed by atoms with E-state index in [4.69, 9.17) is 4.74 Å². The number of ether oxygens (including phenoxy) is 1. The highest BCUT2D eigenvalue weighted by molar-refractivity contribution is 5.95. The second kappa shape index (κ2) is 18.2. The van der Waals surface area contributed by atoms with Crippen molar-refractivity contribution in [3.63, 3.8) is 0 Å². The Labute approximate surface area is 309 Å². The number of nitrogens with zero attached hydrogens (tertiary/aromatic N) is 2. The molecule has 2 saturated heterocycles. The van der Waals surface area contributed by atoms with Crippen LogP contribution >= 0.6 is 0 Å². The lowest BCUT2D eigenvalue weighted by molar-refractivity contribution is -0.138. The Bertz CT molecular complexity index is 1520. The number of piperidine rings is 2. The predicted octanol–water partition coefficient (Wildman–Crippen LogP) is 5.06. The number of hydrogen-bond acceptors (Lipinski definition) is 6. The summed E-state index contributed by atoms with van der Waals surface area (Å²) in [6.07, 6.45) is 12.8. The number of hydrogen-bond donors (Lipinski definition) is 3. The number of likely N-dealkylation sites (tertiary alicyclic amines) is 1. The van der Waals surface area contributed by atoms with Crippen molar-refractivity contribution in [3.8, 4) is 5.75 Å². The third-order valence-electron chi connectivity index (χ3n) is 12.2. The fraction of sp³-hybridized carbons (Fsp3) is 0.619. The van der Waals surface area contributed by atoms with Gasteiger partial charge >= 0.3 is 0 Å². The van der Waals surface area contributed by atoms with E-state index in [2.05, 4.69) is 20.9 Å². The van der Waals surface area contributed by atoms with Gasteiger partial charge in [0.15, 0.2) is 0 Å². The Morgan fingerprint density at radius 2 is 1.71 bits per heavy atom. The molecule has 4 amide bonds. The quantitative estimate of drug-likeness (QED) is 0.369. The highest BCUT2D eigenvalue weighted by Crippen LogP contribution is 2.44. The zero-order chi connectivity index (χ0) is 36.3. The summed E-state index contributed by atoms with van der Waals surface area (Å²) >= 11 is 0. The molecule has 3 fully saturated rings. The molecule has 52 heavy (non-hydrogen) atoms. The van der Waals surface area contributed by atoms with E-state index in [1.165, 1.54) is 44.9 Å². The number of fused-ring (bicyclic) bond motifs is 4. The molecule has 3 heterocycles. The molecule has 6 rings (SSSR count). The van der Waals surface area contributed by atoms with Gasteiger partial charge in [-0.05, 0) is 118 Å². The van der Waals surface area contributed by atoms with Crippen molar-refractivity contribution in [2.45, 2.75) is 115 Å². The van der Waals surface area contributed by atoms with Gasteiger partial charge in [-0.2, -0.15) is 0 Å². The minimum Gasteiger partial charge on any atom is -0.494 e. The largest absolute Gasteiger partial charge is 0.494 e. The first-order valence-corrected chi connectivity index (χ1v) is 19.9. The molecule has 282 valence electrons. The van der Waals surface area contributed by atoms with Gasteiger partial charge in [-0.3, -0.25) is 19.2 Å². The van der Waals surface area contributed by atoms with Gasteiger partial charge < -0.3 is 30.5 Å².